The van der Waals surface area contributed by atoms with Gasteiger partial charge < -0.3 is 19.7 Å². The van der Waals surface area contributed by atoms with Crippen molar-refractivity contribution in [1.29, 1.82) is 0 Å². The van der Waals surface area contributed by atoms with Crippen molar-refractivity contribution in [2.24, 2.45) is 5.92 Å². The molecule has 2 saturated heterocycles. The van der Waals surface area contributed by atoms with E-state index in [9.17, 15) is 9.59 Å². The molecular weight excluding hydrogens is 368 g/mol. The number of likely N-dealkylation sites (tertiary alicyclic amines) is 1. The third kappa shape index (κ3) is 3.81. The van der Waals surface area contributed by atoms with E-state index in [4.69, 9.17) is 9.47 Å². The fraction of sp³-hybridized carbons (Fsp3) is 0.652. The summed E-state index contributed by atoms with van der Waals surface area (Å²) in [5.74, 6) is 1.65. The number of benzene rings is 1. The number of nitrogens with one attached hydrogen (secondary N) is 1. The zero-order chi connectivity index (χ0) is 20.8. The van der Waals surface area contributed by atoms with Crippen LogP contribution in [-0.4, -0.2) is 49.2 Å². The molecule has 0 bridgehead atoms. The van der Waals surface area contributed by atoms with E-state index in [-0.39, 0.29) is 28.9 Å². The van der Waals surface area contributed by atoms with Gasteiger partial charge in [-0.2, -0.15) is 0 Å². The molecule has 6 nitrogen and oxygen atoms in total. The molecule has 1 aliphatic carbocycles. The molecule has 1 N–H and O–H groups in total. The van der Waals surface area contributed by atoms with Gasteiger partial charge in [0.2, 0.25) is 5.91 Å². The first-order valence-corrected chi connectivity index (χ1v) is 10.6. The minimum Gasteiger partial charge on any atom is -0.496 e. The molecule has 6 heteroatoms. The van der Waals surface area contributed by atoms with Crippen LogP contribution < -0.4 is 10.1 Å². The second kappa shape index (κ2) is 7.22. The van der Waals surface area contributed by atoms with Gasteiger partial charge in [-0.05, 0) is 54.2 Å². The molecule has 1 saturated carbocycles. The fourth-order valence-electron chi connectivity index (χ4n) is 5.04. The number of carbonyl (C=O) groups excluding carboxylic acids is 2. The molecule has 1 spiro atoms. The lowest BCUT2D eigenvalue weighted by molar-refractivity contribution is -0.142. The number of methoxy groups -OCH3 is 1. The summed E-state index contributed by atoms with van der Waals surface area (Å²) in [5, 5.41) is 2.87. The number of hydrogen-bond acceptors (Lipinski definition) is 4. The minimum atomic E-state index is -0.357. The maximum absolute atomic E-state index is 12.9. The van der Waals surface area contributed by atoms with Crippen LogP contribution >= 0.6 is 0 Å². The van der Waals surface area contributed by atoms with Crippen molar-refractivity contribution in [2.45, 2.75) is 63.3 Å². The molecule has 1 aromatic carbocycles. The van der Waals surface area contributed by atoms with Crippen LogP contribution in [0, 0.1) is 5.92 Å². The summed E-state index contributed by atoms with van der Waals surface area (Å²) < 4.78 is 10.7. The number of nitrogens with zero attached hydrogens (tertiary/aromatic N) is 1. The highest BCUT2D eigenvalue weighted by atomic mass is 16.6. The summed E-state index contributed by atoms with van der Waals surface area (Å²) in [4.78, 5) is 26.1. The normalized spacial score (nSPS) is 27.4. The molecule has 2 amide bonds. The quantitative estimate of drug-likeness (QED) is 0.842. The highest BCUT2D eigenvalue weighted by molar-refractivity contribution is 5.81. The Kier molecular flexibility index (Phi) is 4.99. The lowest BCUT2D eigenvalue weighted by Gasteiger charge is -2.45. The van der Waals surface area contributed by atoms with Crippen LogP contribution in [0.4, 0.5) is 4.79 Å². The van der Waals surface area contributed by atoms with Crippen molar-refractivity contribution in [1.82, 2.24) is 10.2 Å². The maximum atomic E-state index is 12.9. The van der Waals surface area contributed by atoms with E-state index in [2.05, 4.69) is 44.3 Å². The molecule has 2 aliphatic heterocycles. The van der Waals surface area contributed by atoms with Crippen molar-refractivity contribution in [3.63, 3.8) is 0 Å². The minimum absolute atomic E-state index is 0.0136. The number of hydrogen-bond donors (Lipinski definition) is 1. The zero-order valence-corrected chi connectivity index (χ0v) is 17.9. The summed E-state index contributed by atoms with van der Waals surface area (Å²) in [5.41, 5.74) is 2.28. The van der Waals surface area contributed by atoms with Gasteiger partial charge in [0.15, 0.2) is 0 Å². The number of cyclic esters (lactones) is 1. The van der Waals surface area contributed by atoms with E-state index in [1.54, 1.807) is 7.11 Å². The molecule has 0 aromatic heterocycles. The first kappa shape index (κ1) is 20.0. The Morgan fingerprint density at radius 1 is 1.24 bits per heavy atom. The average molecular weight is 401 g/mol. The van der Waals surface area contributed by atoms with Crippen LogP contribution in [-0.2, 0) is 14.9 Å². The van der Waals surface area contributed by atoms with Crippen molar-refractivity contribution < 1.29 is 19.1 Å². The monoisotopic (exact) mass is 400 g/mol. The van der Waals surface area contributed by atoms with Gasteiger partial charge in [0.1, 0.15) is 12.4 Å². The SMILES string of the molecule is COc1cc(C2CCN(C(=O)C3CC4(COC(=O)N4)C3)CC2)ccc1C(C)(C)C. The zero-order valence-electron chi connectivity index (χ0n) is 17.9. The van der Waals surface area contributed by atoms with Gasteiger partial charge in [-0.3, -0.25) is 4.79 Å². The molecule has 4 rings (SSSR count). The molecule has 0 radical (unpaired) electrons. The Balaban J connectivity index is 1.34. The Hall–Kier alpha value is -2.24. The van der Waals surface area contributed by atoms with Crippen LogP contribution in [0.15, 0.2) is 18.2 Å². The van der Waals surface area contributed by atoms with Gasteiger partial charge >= 0.3 is 6.09 Å². The standard InChI is InChI=1S/C23H32N2O4/c1-22(2,3)18-6-5-16(11-19(18)28-4)15-7-9-25(10-8-15)20(26)17-12-23(13-17)14-29-21(27)24-23/h5-6,11,15,17H,7-10,12-14H2,1-4H3,(H,24,27). The largest absolute Gasteiger partial charge is 0.496 e. The van der Waals surface area contributed by atoms with Crippen LogP contribution in [0.5, 0.6) is 5.75 Å². The first-order valence-electron chi connectivity index (χ1n) is 10.6. The topological polar surface area (TPSA) is 67.9 Å². The van der Waals surface area contributed by atoms with Crippen LogP contribution in [0.3, 0.4) is 0 Å². The number of alkyl carbamates (subject to hydrolysis) is 1. The van der Waals surface area contributed by atoms with E-state index in [0.717, 1.165) is 31.7 Å². The molecule has 29 heavy (non-hydrogen) atoms. The first-order chi connectivity index (χ1) is 13.7. The highest BCUT2D eigenvalue weighted by Crippen LogP contribution is 2.42. The molecule has 1 aromatic rings. The smallest absolute Gasteiger partial charge is 0.407 e. The number of piperidine rings is 1. The third-order valence-corrected chi connectivity index (χ3v) is 6.78. The lowest BCUT2D eigenvalue weighted by Crippen LogP contribution is -2.58. The fourth-order valence-corrected chi connectivity index (χ4v) is 5.04. The molecule has 3 fully saturated rings. The van der Waals surface area contributed by atoms with Crippen molar-refractivity contribution >= 4 is 12.0 Å². The maximum Gasteiger partial charge on any atom is 0.407 e. The summed E-state index contributed by atoms with van der Waals surface area (Å²) >= 11 is 0. The van der Waals surface area contributed by atoms with Gasteiger partial charge in [-0.15, -0.1) is 0 Å². The predicted molar refractivity (Wildman–Crippen MR) is 110 cm³/mol. The second-order valence-corrected chi connectivity index (χ2v) is 9.90. The van der Waals surface area contributed by atoms with E-state index < -0.39 is 0 Å². The van der Waals surface area contributed by atoms with Crippen LogP contribution in [0.2, 0.25) is 0 Å². The number of rotatable bonds is 3. The van der Waals surface area contributed by atoms with Gasteiger partial charge in [-0.25, -0.2) is 4.79 Å². The molecular formula is C23H32N2O4. The lowest BCUT2D eigenvalue weighted by atomic mass is 9.68. The number of carbonyl (C=O) groups is 2. The summed E-state index contributed by atoms with van der Waals surface area (Å²) in [6.45, 7) is 8.56. The van der Waals surface area contributed by atoms with E-state index in [1.165, 1.54) is 11.1 Å². The Morgan fingerprint density at radius 3 is 2.48 bits per heavy atom. The Bertz CT molecular complexity index is 800. The van der Waals surface area contributed by atoms with Gasteiger partial charge in [0, 0.05) is 19.0 Å². The van der Waals surface area contributed by atoms with Crippen LogP contribution in [0.1, 0.15) is 63.5 Å². The third-order valence-electron chi connectivity index (χ3n) is 6.78. The molecule has 2 heterocycles. The van der Waals surface area contributed by atoms with E-state index in [1.807, 2.05) is 4.90 Å². The van der Waals surface area contributed by atoms with Crippen molar-refractivity contribution in [3.8, 4) is 5.75 Å². The van der Waals surface area contributed by atoms with Gasteiger partial charge in [0.25, 0.3) is 0 Å². The molecule has 3 aliphatic rings. The van der Waals surface area contributed by atoms with Crippen LogP contribution in [0.25, 0.3) is 0 Å². The predicted octanol–water partition coefficient (Wildman–Crippen LogP) is 3.59. The van der Waals surface area contributed by atoms with Gasteiger partial charge in [0.05, 0.1) is 12.6 Å². The van der Waals surface area contributed by atoms with Crippen molar-refractivity contribution in [3.05, 3.63) is 29.3 Å². The van der Waals surface area contributed by atoms with Crippen molar-refractivity contribution in [2.75, 3.05) is 26.8 Å². The molecule has 0 unspecified atom stereocenters. The Morgan fingerprint density at radius 2 is 1.93 bits per heavy atom. The Labute approximate surface area is 172 Å². The summed E-state index contributed by atoms with van der Waals surface area (Å²) in [7, 11) is 1.73. The highest BCUT2D eigenvalue weighted by Gasteiger charge is 2.53. The summed E-state index contributed by atoms with van der Waals surface area (Å²) in [6.07, 6.45) is 2.99. The summed E-state index contributed by atoms with van der Waals surface area (Å²) in [6, 6.07) is 6.60. The van der Waals surface area contributed by atoms with Gasteiger partial charge in [-0.1, -0.05) is 32.9 Å². The second-order valence-electron chi connectivity index (χ2n) is 9.90. The number of ether oxygens (including phenoxy) is 2. The average Bonchev–Trinajstić information content (AvgIpc) is 3.07. The van der Waals surface area contributed by atoms with E-state index in [0.29, 0.717) is 25.4 Å². The molecule has 158 valence electrons. The number of amides is 2. The van der Waals surface area contributed by atoms with E-state index >= 15 is 0 Å². The molecule has 0 atom stereocenters.